The summed E-state index contributed by atoms with van der Waals surface area (Å²) in [7, 11) is -2.40. The van der Waals surface area contributed by atoms with Gasteiger partial charge in [-0.1, -0.05) is 44.2 Å². The van der Waals surface area contributed by atoms with Crippen molar-refractivity contribution >= 4 is 27.5 Å². The molecule has 0 heterocycles. The third-order valence-corrected chi connectivity index (χ3v) is 7.40. The number of nitrogens with zero attached hydrogens (tertiary/aromatic N) is 2. The Kier molecular flexibility index (Phi) is 10.3. The van der Waals surface area contributed by atoms with Gasteiger partial charge in [0.2, 0.25) is 21.8 Å². The van der Waals surface area contributed by atoms with E-state index in [4.69, 9.17) is 4.74 Å². The Morgan fingerprint density at radius 3 is 2.28 bits per heavy atom. The second-order valence-electron chi connectivity index (χ2n) is 9.13. The number of hydrogen-bond donors (Lipinski definition) is 1. The van der Waals surface area contributed by atoms with Crippen LogP contribution < -0.4 is 14.4 Å². The summed E-state index contributed by atoms with van der Waals surface area (Å²) in [5.41, 5.74) is 2.97. The van der Waals surface area contributed by atoms with Crippen LogP contribution in [0.4, 0.5) is 5.69 Å². The zero-order chi connectivity index (χ0) is 27.0. The minimum absolute atomic E-state index is 0.0500. The molecule has 0 saturated carbocycles. The standard InChI is InChI=1S/C27H39N3O5S/c1-8-21(5)28-27(32)23(9-2)29(17-22-13-11-10-12-20(22)4)26(31)18-30(36(7,33)34)24-16-19(3)14-15-25(24)35-6/h10-16,21,23H,8-9,17-18H2,1-7H3,(H,28,32)/t21-,23+/m0/s1. The SMILES string of the molecule is CC[C@H](C(=O)N[C@@H](C)CC)N(Cc1ccccc1C)C(=O)CN(c1cc(C)ccc1OC)S(C)(=O)=O. The molecule has 1 N–H and O–H groups in total. The monoisotopic (exact) mass is 517 g/mol. The van der Waals surface area contributed by atoms with Gasteiger partial charge in [0.05, 0.1) is 19.1 Å². The number of methoxy groups -OCH3 is 1. The number of carbonyl (C=O) groups is 2. The van der Waals surface area contributed by atoms with Gasteiger partial charge in [-0.3, -0.25) is 13.9 Å². The molecule has 2 rings (SSSR count). The highest BCUT2D eigenvalue weighted by atomic mass is 32.2. The van der Waals surface area contributed by atoms with Crippen LogP contribution in [0.3, 0.4) is 0 Å². The lowest BCUT2D eigenvalue weighted by molar-refractivity contribution is -0.140. The van der Waals surface area contributed by atoms with Crippen LogP contribution in [0.2, 0.25) is 0 Å². The molecule has 9 heteroatoms. The minimum Gasteiger partial charge on any atom is -0.495 e. The Morgan fingerprint density at radius 1 is 1.06 bits per heavy atom. The molecule has 0 bridgehead atoms. The van der Waals surface area contributed by atoms with Crippen molar-refractivity contribution in [3.05, 3.63) is 59.2 Å². The molecule has 0 aromatic heterocycles. The van der Waals surface area contributed by atoms with E-state index in [1.165, 1.54) is 12.0 Å². The molecule has 2 amide bonds. The van der Waals surface area contributed by atoms with E-state index in [2.05, 4.69) is 5.32 Å². The third-order valence-electron chi connectivity index (χ3n) is 6.27. The van der Waals surface area contributed by atoms with Crippen LogP contribution in [0, 0.1) is 13.8 Å². The molecule has 0 spiro atoms. The first-order valence-electron chi connectivity index (χ1n) is 12.2. The second-order valence-corrected chi connectivity index (χ2v) is 11.0. The maximum absolute atomic E-state index is 13.8. The summed E-state index contributed by atoms with van der Waals surface area (Å²) in [4.78, 5) is 28.5. The van der Waals surface area contributed by atoms with Crippen LogP contribution in [-0.2, 0) is 26.2 Å². The van der Waals surface area contributed by atoms with E-state index >= 15 is 0 Å². The average Bonchev–Trinajstić information content (AvgIpc) is 2.82. The van der Waals surface area contributed by atoms with Crippen LogP contribution in [0.1, 0.15) is 50.3 Å². The molecule has 0 saturated heterocycles. The van der Waals surface area contributed by atoms with Gasteiger partial charge in [-0.25, -0.2) is 8.42 Å². The highest BCUT2D eigenvalue weighted by Gasteiger charge is 2.33. The Balaban J connectivity index is 2.53. The number of hydrogen-bond acceptors (Lipinski definition) is 5. The van der Waals surface area contributed by atoms with Crippen molar-refractivity contribution in [3.8, 4) is 5.75 Å². The van der Waals surface area contributed by atoms with Crippen molar-refractivity contribution in [2.45, 2.75) is 66.1 Å². The molecular formula is C27H39N3O5S. The van der Waals surface area contributed by atoms with E-state index in [9.17, 15) is 18.0 Å². The summed E-state index contributed by atoms with van der Waals surface area (Å²) < 4.78 is 32.2. The number of ether oxygens (including phenoxy) is 1. The number of benzene rings is 2. The van der Waals surface area contributed by atoms with E-state index in [1.54, 1.807) is 18.2 Å². The second kappa shape index (κ2) is 12.8. The van der Waals surface area contributed by atoms with Crippen LogP contribution in [0.15, 0.2) is 42.5 Å². The summed E-state index contributed by atoms with van der Waals surface area (Å²) in [6.07, 6.45) is 2.19. The quantitative estimate of drug-likeness (QED) is 0.462. The predicted molar refractivity (Wildman–Crippen MR) is 144 cm³/mol. The van der Waals surface area contributed by atoms with Gasteiger partial charge in [-0.05, 0) is 62.4 Å². The summed E-state index contributed by atoms with van der Waals surface area (Å²) in [5.74, 6) is -0.392. The predicted octanol–water partition coefficient (Wildman–Crippen LogP) is 3.80. The topological polar surface area (TPSA) is 96.0 Å². The van der Waals surface area contributed by atoms with Gasteiger partial charge < -0.3 is 15.0 Å². The number of carbonyl (C=O) groups excluding carboxylic acids is 2. The van der Waals surface area contributed by atoms with Crippen molar-refractivity contribution in [2.75, 3.05) is 24.2 Å². The number of sulfonamides is 1. The van der Waals surface area contributed by atoms with Crippen molar-refractivity contribution in [1.82, 2.24) is 10.2 Å². The Bertz CT molecular complexity index is 1170. The van der Waals surface area contributed by atoms with Crippen LogP contribution >= 0.6 is 0 Å². The van der Waals surface area contributed by atoms with Gasteiger partial charge in [0.25, 0.3) is 0 Å². The van der Waals surface area contributed by atoms with Gasteiger partial charge in [0, 0.05) is 12.6 Å². The zero-order valence-corrected chi connectivity index (χ0v) is 23.2. The molecule has 2 aromatic carbocycles. The van der Waals surface area contributed by atoms with E-state index in [0.717, 1.165) is 33.7 Å². The van der Waals surface area contributed by atoms with Crippen LogP contribution in [0.25, 0.3) is 0 Å². The Labute approximate surface area is 215 Å². The molecule has 0 radical (unpaired) electrons. The number of aryl methyl sites for hydroxylation is 2. The average molecular weight is 518 g/mol. The summed E-state index contributed by atoms with van der Waals surface area (Å²) in [5, 5.41) is 2.97. The highest BCUT2D eigenvalue weighted by Crippen LogP contribution is 2.31. The first-order valence-corrected chi connectivity index (χ1v) is 14.0. The molecule has 0 unspecified atom stereocenters. The minimum atomic E-state index is -3.85. The largest absolute Gasteiger partial charge is 0.495 e. The molecule has 2 aromatic rings. The van der Waals surface area contributed by atoms with Gasteiger partial charge in [-0.2, -0.15) is 0 Å². The summed E-state index contributed by atoms with van der Waals surface area (Å²) in [6.45, 7) is 9.23. The van der Waals surface area contributed by atoms with Crippen molar-refractivity contribution in [3.63, 3.8) is 0 Å². The molecule has 0 fully saturated rings. The fraction of sp³-hybridized carbons (Fsp3) is 0.481. The summed E-state index contributed by atoms with van der Waals surface area (Å²) >= 11 is 0. The molecular weight excluding hydrogens is 478 g/mol. The Morgan fingerprint density at radius 2 is 1.72 bits per heavy atom. The molecule has 0 aliphatic heterocycles. The van der Waals surface area contributed by atoms with Gasteiger partial charge in [-0.15, -0.1) is 0 Å². The number of rotatable bonds is 12. The lowest BCUT2D eigenvalue weighted by atomic mass is 10.1. The lowest BCUT2D eigenvalue weighted by Gasteiger charge is -2.34. The number of nitrogens with one attached hydrogen (secondary N) is 1. The maximum atomic E-state index is 13.8. The first kappa shape index (κ1) is 29.2. The first-order chi connectivity index (χ1) is 16.9. The van der Waals surface area contributed by atoms with Gasteiger partial charge in [0.1, 0.15) is 18.3 Å². The summed E-state index contributed by atoms with van der Waals surface area (Å²) in [6, 6.07) is 12.0. The molecule has 8 nitrogen and oxygen atoms in total. The number of anilines is 1. The third kappa shape index (κ3) is 7.46. The molecule has 36 heavy (non-hydrogen) atoms. The van der Waals surface area contributed by atoms with Crippen molar-refractivity contribution in [2.24, 2.45) is 0 Å². The van der Waals surface area contributed by atoms with Gasteiger partial charge in [0.15, 0.2) is 0 Å². The van der Waals surface area contributed by atoms with Crippen molar-refractivity contribution in [1.29, 1.82) is 0 Å². The molecule has 0 aliphatic rings. The van der Waals surface area contributed by atoms with Gasteiger partial charge >= 0.3 is 0 Å². The lowest BCUT2D eigenvalue weighted by Crippen LogP contribution is -2.53. The normalized spacial score (nSPS) is 13.0. The maximum Gasteiger partial charge on any atom is 0.244 e. The molecule has 198 valence electrons. The molecule has 2 atom stereocenters. The van der Waals surface area contributed by atoms with E-state index < -0.39 is 28.5 Å². The van der Waals surface area contributed by atoms with Crippen LogP contribution in [0.5, 0.6) is 5.75 Å². The molecule has 0 aliphatic carbocycles. The van der Waals surface area contributed by atoms with E-state index in [1.807, 2.05) is 58.9 Å². The fourth-order valence-electron chi connectivity index (χ4n) is 3.92. The van der Waals surface area contributed by atoms with Crippen molar-refractivity contribution < 1.29 is 22.7 Å². The van der Waals surface area contributed by atoms with E-state index in [0.29, 0.717) is 12.2 Å². The fourth-order valence-corrected chi connectivity index (χ4v) is 4.77. The Hall–Kier alpha value is -3.07. The zero-order valence-electron chi connectivity index (χ0n) is 22.4. The van der Waals surface area contributed by atoms with E-state index in [-0.39, 0.29) is 24.2 Å². The highest BCUT2D eigenvalue weighted by molar-refractivity contribution is 7.92. The van der Waals surface area contributed by atoms with Crippen LogP contribution in [-0.4, -0.2) is 57.1 Å². The number of amides is 2. The smallest absolute Gasteiger partial charge is 0.244 e.